The predicted molar refractivity (Wildman–Crippen MR) is 140 cm³/mol. The van der Waals surface area contributed by atoms with E-state index in [1.807, 2.05) is 29.3 Å². The number of fused-ring (bicyclic) bond motifs is 1. The van der Waals surface area contributed by atoms with Crippen LogP contribution in [-0.4, -0.2) is 69.9 Å². The Bertz CT molecular complexity index is 1390. The van der Waals surface area contributed by atoms with Gasteiger partial charge in [0.2, 0.25) is 0 Å². The minimum atomic E-state index is 0.114. The summed E-state index contributed by atoms with van der Waals surface area (Å²) in [4.78, 5) is 27.1. The number of nitrogens with one attached hydrogen (secondary N) is 1. The Morgan fingerprint density at radius 2 is 1.92 bits per heavy atom. The highest BCUT2D eigenvalue weighted by Crippen LogP contribution is 2.37. The molecule has 2 aliphatic heterocycles. The summed E-state index contributed by atoms with van der Waals surface area (Å²) in [5.74, 6) is 1.02. The van der Waals surface area contributed by atoms with Gasteiger partial charge in [0.25, 0.3) is 5.91 Å². The first-order valence-corrected chi connectivity index (χ1v) is 12.6. The van der Waals surface area contributed by atoms with Crippen molar-refractivity contribution in [3.05, 3.63) is 59.9 Å². The van der Waals surface area contributed by atoms with Crippen LogP contribution < -0.4 is 4.90 Å². The van der Waals surface area contributed by atoms with Crippen LogP contribution in [0.5, 0.6) is 0 Å². The number of H-pyrrole nitrogens is 1. The van der Waals surface area contributed by atoms with Gasteiger partial charge in [0.05, 0.1) is 24.9 Å². The molecule has 1 amide bonds. The molecule has 0 aliphatic carbocycles. The highest BCUT2D eigenvalue weighted by Gasteiger charge is 2.24. The average molecular weight is 483 g/mol. The van der Waals surface area contributed by atoms with Crippen molar-refractivity contribution in [3.63, 3.8) is 0 Å². The summed E-state index contributed by atoms with van der Waals surface area (Å²) in [6, 6.07) is 12.3. The van der Waals surface area contributed by atoms with E-state index in [2.05, 4.69) is 47.1 Å². The van der Waals surface area contributed by atoms with E-state index in [0.29, 0.717) is 13.2 Å². The molecule has 8 nitrogen and oxygen atoms in total. The van der Waals surface area contributed by atoms with Crippen LogP contribution in [0, 0.1) is 6.92 Å². The van der Waals surface area contributed by atoms with Gasteiger partial charge in [-0.2, -0.15) is 5.10 Å². The molecule has 2 saturated heterocycles. The average Bonchev–Trinajstić information content (AvgIpc) is 3.63. The number of hydrogen-bond acceptors (Lipinski definition) is 6. The molecule has 5 heterocycles. The minimum Gasteiger partial charge on any atom is -0.377 e. The number of pyridine rings is 2. The van der Waals surface area contributed by atoms with Gasteiger partial charge in [-0.15, -0.1) is 0 Å². The molecule has 1 unspecified atom stereocenters. The number of nitrogens with zero attached hydrogens (tertiary/aromatic N) is 5. The topological polar surface area (TPSA) is 87.2 Å². The number of anilines is 1. The number of rotatable bonds is 4. The molecule has 184 valence electrons. The van der Waals surface area contributed by atoms with Gasteiger partial charge in [0, 0.05) is 43.0 Å². The van der Waals surface area contributed by atoms with E-state index < -0.39 is 0 Å². The number of morpholine rings is 1. The fraction of sp³-hybridized carbons (Fsp3) is 0.357. The van der Waals surface area contributed by atoms with Gasteiger partial charge in [-0.05, 0) is 67.6 Å². The molecule has 1 atom stereocenters. The van der Waals surface area contributed by atoms with Gasteiger partial charge in [-0.3, -0.25) is 14.9 Å². The second kappa shape index (κ2) is 9.35. The molecule has 36 heavy (non-hydrogen) atoms. The Labute approximate surface area is 210 Å². The molecule has 3 aromatic heterocycles. The Morgan fingerprint density at radius 1 is 1.11 bits per heavy atom. The van der Waals surface area contributed by atoms with Crippen molar-refractivity contribution < 1.29 is 9.53 Å². The van der Waals surface area contributed by atoms with Gasteiger partial charge < -0.3 is 14.5 Å². The van der Waals surface area contributed by atoms with Crippen molar-refractivity contribution in [1.29, 1.82) is 0 Å². The summed E-state index contributed by atoms with van der Waals surface area (Å²) < 4.78 is 5.68. The zero-order valence-electron chi connectivity index (χ0n) is 20.7. The molecule has 6 rings (SSSR count). The van der Waals surface area contributed by atoms with Crippen LogP contribution in [0.1, 0.15) is 35.7 Å². The third-order valence-electron chi connectivity index (χ3n) is 7.27. The summed E-state index contributed by atoms with van der Waals surface area (Å²) in [5, 5.41) is 8.24. The number of aryl methyl sites for hydroxylation is 1. The maximum absolute atomic E-state index is 12.9. The Kier molecular flexibility index (Phi) is 5.89. The summed E-state index contributed by atoms with van der Waals surface area (Å²) in [7, 11) is 0. The fourth-order valence-corrected chi connectivity index (χ4v) is 5.31. The second-order valence-corrected chi connectivity index (χ2v) is 9.71. The lowest BCUT2D eigenvalue weighted by Crippen LogP contribution is -2.44. The van der Waals surface area contributed by atoms with Crippen molar-refractivity contribution in [2.75, 3.05) is 37.7 Å². The van der Waals surface area contributed by atoms with E-state index in [0.717, 1.165) is 82.8 Å². The Balaban J connectivity index is 1.51. The maximum Gasteiger partial charge on any atom is 0.253 e. The number of likely N-dealkylation sites (tertiary alicyclic amines) is 1. The van der Waals surface area contributed by atoms with Crippen molar-refractivity contribution in [3.8, 4) is 22.5 Å². The number of aromatic nitrogens is 4. The number of carbonyl (C=O) groups is 1. The van der Waals surface area contributed by atoms with Crippen molar-refractivity contribution >= 4 is 22.6 Å². The molecule has 1 aromatic carbocycles. The predicted octanol–water partition coefficient (Wildman–Crippen LogP) is 4.46. The monoisotopic (exact) mass is 482 g/mol. The number of ether oxygens (including phenoxy) is 1. The van der Waals surface area contributed by atoms with Gasteiger partial charge in [-0.25, -0.2) is 4.98 Å². The molecule has 0 radical (unpaired) electrons. The van der Waals surface area contributed by atoms with E-state index >= 15 is 0 Å². The maximum atomic E-state index is 12.9. The smallest absolute Gasteiger partial charge is 0.253 e. The van der Waals surface area contributed by atoms with Crippen molar-refractivity contribution in [2.45, 2.75) is 32.7 Å². The molecule has 8 heteroatoms. The third-order valence-corrected chi connectivity index (χ3v) is 7.27. The van der Waals surface area contributed by atoms with Crippen LogP contribution in [0.15, 0.2) is 48.8 Å². The highest BCUT2D eigenvalue weighted by atomic mass is 16.5. The molecule has 1 N–H and O–H groups in total. The number of carbonyl (C=O) groups excluding carboxylic acids is 1. The van der Waals surface area contributed by atoms with Gasteiger partial charge >= 0.3 is 0 Å². The first-order chi connectivity index (χ1) is 17.6. The van der Waals surface area contributed by atoms with Crippen LogP contribution >= 0.6 is 0 Å². The lowest BCUT2D eigenvalue weighted by molar-refractivity contribution is 0.0793. The van der Waals surface area contributed by atoms with Gasteiger partial charge in [0.15, 0.2) is 0 Å². The molecular formula is C28H30N6O2. The number of aromatic amines is 1. The lowest BCUT2D eigenvalue weighted by atomic mass is 9.96. The van der Waals surface area contributed by atoms with Crippen molar-refractivity contribution in [1.82, 2.24) is 25.1 Å². The van der Waals surface area contributed by atoms with Crippen LogP contribution in [0.2, 0.25) is 0 Å². The van der Waals surface area contributed by atoms with E-state index in [-0.39, 0.29) is 11.9 Å². The first kappa shape index (κ1) is 22.7. The van der Waals surface area contributed by atoms with Crippen LogP contribution in [0.25, 0.3) is 33.4 Å². The molecule has 0 bridgehead atoms. The normalized spacial score (nSPS) is 18.2. The van der Waals surface area contributed by atoms with Gasteiger partial charge in [0.1, 0.15) is 17.0 Å². The van der Waals surface area contributed by atoms with Gasteiger partial charge in [-0.1, -0.05) is 12.1 Å². The molecule has 0 spiro atoms. The molecular weight excluding hydrogens is 452 g/mol. The Hall–Kier alpha value is -3.78. The minimum absolute atomic E-state index is 0.114. The lowest BCUT2D eigenvalue weighted by Gasteiger charge is -2.34. The van der Waals surface area contributed by atoms with E-state index in [4.69, 9.17) is 14.7 Å². The van der Waals surface area contributed by atoms with Crippen LogP contribution in [-0.2, 0) is 4.74 Å². The third kappa shape index (κ3) is 4.01. The van der Waals surface area contributed by atoms with Crippen molar-refractivity contribution in [2.24, 2.45) is 0 Å². The Morgan fingerprint density at radius 3 is 2.64 bits per heavy atom. The highest BCUT2D eigenvalue weighted by molar-refractivity contribution is 6.04. The molecule has 2 aliphatic rings. The molecule has 4 aromatic rings. The summed E-state index contributed by atoms with van der Waals surface area (Å²) >= 11 is 0. The summed E-state index contributed by atoms with van der Waals surface area (Å²) in [6.07, 6.45) is 5.79. The number of amides is 1. The van der Waals surface area contributed by atoms with E-state index in [1.165, 1.54) is 0 Å². The summed E-state index contributed by atoms with van der Waals surface area (Å²) in [6.45, 7) is 8.04. The molecule has 0 saturated carbocycles. The van der Waals surface area contributed by atoms with Crippen LogP contribution in [0.3, 0.4) is 0 Å². The van der Waals surface area contributed by atoms with E-state index in [1.54, 1.807) is 6.20 Å². The van der Waals surface area contributed by atoms with Crippen LogP contribution in [0.4, 0.5) is 5.82 Å². The second-order valence-electron chi connectivity index (χ2n) is 9.71. The standard InChI is InChI=1S/C28H30N6O2/c1-18-16-29-26(23-9-10-30-32-23)27-25(18)22(15-24(31-27)34-13-14-36-17-19(34)2)20-5-7-21(8-6-20)28(35)33-11-3-4-12-33/h5-10,15-16,19H,3-4,11-14,17H2,1-2H3,(H,30,32). The van der Waals surface area contributed by atoms with E-state index in [9.17, 15) is 4.79 Å². The zero-order chi connectivity index (χ0) is 24.6. The SMILES string of the molecule is Cc1cnc(-c2ccn[nH]2)c2nc(N3CCOCC3C)cc(-c3ccc(C(=O)N4CCCC4)cc3)c12. The summed E-state index contributed by atoms with van der Waals surface area (Å²) in [5.41, 5.74) is 6.35. The fourth-order valence-electron chi connectivity index (χ4n) is 5.31. The molecule has 2 fully saturated rings. The zero-order valence-corrected chi connectivity index (χ0v) is 20.7. The quantitative estimate of drug-likeness (QED) is 0.462. The number of hydrogen-bond donors (Lipinski definition) is 1. The number of benzene rings is 1. The largest absolute Gasteiger partial charge is 0.377 e. The first-order valence-electron chi connectivity index (χ1n) is 12.6.